The van der Waals surface area contributed by atoms with E-state index in [0.717, 1.165) is 48.9 Å². The van der Waals surface area contributed by atoms with Crippen LogP contribution in [0.15, 0.2) is 60.4 Å². The molecule has 0 fully saturated rings. The first kappa shape index (κ1) is 41.8. The molecule has 3 nitrogen and oxygen atoms in total. The Morgan fingerprint density at radius 2 is 1.54 bits per heavy atom. The molecular formula is C44H58IrNO2SSi-. The minimum atomic E-state index is -1.57. The fraction of sp³-hybridized carbons (Fsp3) is 0.455. The zero-order valence-corrected chi connectivity index (χ0v) is 36.6. The summed E-state index contributed by atoms with van der Waals surface area (Å²) < 4.78 is 1.37. The van der Waals surface area contributed by atoms with E-state index in [1.807, 2.05) is 39.0 Å². The van der Waals surface area contributed by atoms with E-state index >= 15 is 0 Å². The molecule has 0 atom stereocenters. The SMILES string of the molecule is CCC(CC)C(=O)/C=C(\O)C(CC)CC.Cc1cc(C)c2c(c1)nc(-c1[c-]c3ccccc3c([Si](C)(C)C)c1)c1cc(CC(C)(C)C)sc12.[Ir]. The molecule has 3 aromatic carbocycles. The van der Waals surface area contributed by atoms with E-state index in [1.54, 1.807) is 0 Å². The summed E-state index contributed by atoms with van der Waals surface area (Å²) in [6.07, 6.45) is 5.98. The molecule has 0 saturated carbocycles. The van der Waals surface area contributed by atoms with Crippen LogP contribution in [0.4, 0.5) is 0 Å². The van der Waals surface area contributed by atoms with E-state index in [4.69, 9.17) is 4.98 Å². The second-order valence-electron chi connectivity index (χ2n) is 16.0. The minimum absolute atomic E-state index is 0. The van der Waals surface area contributed by atoms with Crippen LogP contribution < -0.4 is 5.19 Å². The third kappa shape index (κ3) is 9.82. The molecule has 0 amide bonds. The zero-order chi connectivity index (χ0) is 36.3. The van der Waals surface area contributed by atoms with Crippen LogP contribution in [0.2, 0.25) is 19.6 Å². The van der Waals surface area contributed by atoms with Crippen molar-refractivity contribution in [2.45, 2.75) is 114 Å². The van der Waals surface area contributed by atoms with Gasteiger partial charge >= 0.3 is 0 Å². The standard InChI is InChI=1S/C31H34NSSi.C13H24O2.Ir/c1-19-13-20(2)28-26(14-19)32-29(25-17-23(33-30(25)28)18-31(3,4)5)22-15-21-11-9-10-12-24(21)27(16-22)34(6,7)8;1-5-10(6-2)12(14)9-13(15)11(7-3)8-4;/h9-14,16-17H,18H2,1-8H3;9-11,14H,5-8H2,1-4H3;/q-1;;/b;12-9-;. The van der Waals surface area contributed by atoms with E-state index < -0.39 is 8.07 Å². The molecule has 1 radical (unpaired) electrons. The summed E-state index contributed by atoms with van der Waals surface area (Å²) in [5, 5.41) is 16.4. The molecule has 1 N–H and O–H groups in total. The number of benzene rings is 3. The number of hydrogen-bond acceptors (Lipinski definition) is 4. The van der Waals surface area contributed by atoms with Gasteiger partial charge in [-0.1, -0.05) is 103 Å². The van der Waals surface area contributed by atoms with Gasteiger partial charge < -0.3 is 5.11 Å². The third-order valence-electron chi connectivity index (χ3n) is 9.58. The third-order valence-corrected chi connectivity index (χ3v) is 12.8. The van der Waals surface area contributed by atoms with Crippen molar-refractivity contribution in [2.24, 2.45) is 17.3 Å². The van der Waals surface area contributed by atoms with Crippen LogP contribution in [0, 0.1) is 37.2 Å². The maximum absolute atomic E-state index is 11.7. The number of rotatable bonds is 10. The monoisotopic (exact) mass is 885 g/mol. The summed E-state index contributed by atoms with van der Waals surface area (Å²) in [5.74, 6) is 0.547. The average molecular weight is 885 g/mol. The number of aryl methyl sites for hydroxylation is 2. The van der Waals surface area contributed by atoms with Crippen LogP contribution in [-0.2, 0) is 31.3 Å². The van der Waals surface area contributed by atoms with Gasteiger partial charge in [-0.3, -0.25) is 9.78 Å². The van der Waals surface area contributed by atoms with E-state index in [9.17, 15) is 9.90 Å². The summed E-state index contributed by atoms with van der Waals surface area (Å²) >= 11 is 1.95. The van der Waals surface area contributed by atoms with Gasteiger partial charge in [0.05, 0.1) is 19.3 Å². The molecule has 0 spiro atoms. The molecule has 0 unspecified atom stereocenters. The van der Waals surface area contributed by atoms with E-state index in [0.29, 0.717) is 0 Å². The molecular weight excluding hydrogens is 827 g/mol. The molecule has 6 heteroatoms. The fourth-order valence-electron chi connectivity index (χ4n) is 6.89. The van der Waals surface area contributed by atoms with Gasteiger partial charge in [-0.25, -0.2) is 0 Å². The molecule has 5 rings (SSSR count). The van der Waals surface area contributed by atoms with Crippen LogP contribution in [-0.4, -0.2) is 23.9 Å². The first-order valence-electron chi connectivity index (χ1n) is 18.2. The Kier molecular flexibility index (Phi) is 14.4. The van der Waals surface area contributed by atoms with Crippen molar-refractivity contribution < 1.29 is 30.0 Å². The Morgan fingerprint density at radius 1 is 0.920 bits per heavy atom. The van der Waals surface area contributed by atoms with E-state index in [2.05, 4.69) is 109 Å². The van der Waals surface area contributed by atoms with Gasteiger partial charge in [0.2, 0.25) is 0 Å². The number of nitrogens with zero attached hydrogens (tertiary/aromatic N) is 1. The second kappa shape index (κ2) is 17.3. The van der Waals surface area contributed by atoms with Crippen LogP contribution in [0.1, 0.15) is 90.2 Å². The van der Waals surface area contributed by atoms with Crippen molar-refractivity contribution in [1.82, 2.24) is 4.98 Å². The second-order valence-corrected chi connectivity index (χ2v) is 22.2. The Hall–Kier alpha value is -2.63. The minimum Gasteiger partial charge on any atom is -0.512 e. The Bertz CT molecular complexity index is 1970. The van der Waals surface area contributed by atoms with Crippen molar-refractivity contribution in [3.8, 4) is 11.3 Å². The number of aliphatic hydroxyl groups excluding tert-OH is 1. The predicted octanol–water partition coefficient (Wildman–Crippen LogP) is 12.7. The smallest absolute Gasteiger partial charge is 0.162 e. The summed E-state index contributed by atoms with van der Waals surface area (Å²) in [6.45, 7) is 26.7. The summed E-state index contributed by atoms with van der Waals surface area (Å²) in [6, 6.07) is 21.8. The number of aliphatic hydroxyl groups is 1. The molecule has 0 aliphatic rings. The van der Waals surface area contributed by atoms with Gasteiger partial charge in [-0.2, -0.15) is 0 Å². The number of fused-ring (bicyclic) bond motifs is 4. The van der Waals surface area contributed by atoms with Gasteiger partial charge in [0.25, 0.3) is 0 Å². The molecule has 2 heterocycles. The number of hydrogen-bond donors (Lipinski definition) is 1. The van der Waals surface area contributed by atoms with Crippen molar-refractivity contribution in [1.29, 1.82) is 0 Å². The quantitative estimate of drug-likeness (QED) is 0.0658. The van der Waals surface area contributed by atoms with Crippen molar-refractivity contribution in [3.63, 3.8) is 0 Å². The van der Waals surface area contributed by atoms with Gasteiger partial charge in [0.15, 0.2) is 5.78 Å². The molecule has 0 saturated heterocycles. The predicted molar refractivity (Wildman–Crippen MR) is 218 cm³/mol. The van der Waals surface area contributed by atoms with Gasteiger partial charge in [0.1, 0.15) is 0 Å². The normalized spacial score (nSPS) is 12.5. The number of pyridine rings is 1. The molecule has 0 aliphatic heterocycles. The maximum Gasteiger partial charge on any atom is 0.162 e. The number of allylic oxidation sites excluding steroid dienone is 2. The summed E-state index contributed by atoms with van der Waals surface area (Å²) in [5.41, 5.74) is 6.13. The average Bonchev–Trinajstić information content (AvgIpc) is 3.42. The molecule has 50 heavy (non-hydrogen) atoms. The summed E-state index contributed by atoms with van der Waals surface area (Å²) in [4.78, 5) is 18.5. The number of carbonyl (C=O) groups excluding carboxylic acids is 1. The van der Waals surface area contributed by atoms with Crippen molar-refractivity contribution >= 4 is 62.1 Å². The van der Waals surface area contributed by atoms with Crippen molar-refractivity contribution in [3.05, 3.63) is 82.4 Å². The number of ketones is 1. The maximum atomic E-state index is 11.7. The number of carbonyl (C=O) groups is 1. The Morgan fingerprint density at radius 3 is 2.12 bits per heavy atom. The molecule has 0 bridgehead atoms. The van der Waals surface area contributed by atoms with Gasteiger partial charge in [0, 0.05) is 58.7 Å². The summed E-state index contributed by atoms with van der Waals surface area (Å²) in [7, 11) is -1.57. The fourth-order valence-corrected chi connectivity index (χ4v) is 10.1. The van der Waals surface area contributed by atoms with E-state index in [1.165, 1.54) is 53.5 Å². The topological polar surface area (TPSA) is 50.2 Å². The number of thiophene rings is 1. The molecule has 0 aliphatic carbocycles. The van der Waals surface area contributed by atoms with E-state index in [-0.39, 0.29) is 48.9 Å². The largest absolute Gasteiger partial charge is 0.512 e. The molecule has 271 valence electrons. The number of aromatic nitrogens is 1. The van der Waals surface area contributed by atoms with Crippen LogP contribution >= 0.6 is 11.3 Å². The van der Waals surface area contributed by atoms with Gasteiger partial charge in [-0.15, -0.1) is 40.1 Å². The first-order valence-corrected chi connectivity index (χ1v) is 22.6. The first-order chi connectivity index (χ1) is 23.0. The van der Waals surface area contributed by atoms with Crippen LogP contribution in [0.5, 0.6) is 0 Å². The molecule has 2 aromatic heterocycles. The van der Waals surface area contributed by atoms with Crippen LogP contribution in [0.3, 0.4) is 0 Å². The van der Waals surface area contributed by atoms with Gasteiger partial charge in [-0.05, 0) is 80.0 Å². The zero-order valence-electron chi connectivity index (χ0n) is 32.4. The Balaban J connectivity index is 0.000000361. The molecule has 5 aromatic rings. The van der Waals surface area contributed by atoms with Crippen LogP contribution in [0.25, 0.3) is 43.0 Å². The van der Waals surface area contributed by atoms with Crippen molar-refractivity contribution in [2.75, 3.05) is 0 Å². The Labute approximate surface area is 320 Å².